The Balaban J connectivity index is 2.46. The van der Waals surface area contributed by atoms with Crippen molar-refractivity contribution in [2.75, 3.05) is 0 Å². The molecular weight excluding hydrogens is 223 g/mol. The molecule has 0 heterocycles. The van der Waals surface area contributed by atoms with E-state index in [1.165, 1.54) is 18.2 Å². The summed E-state index contributed by atoms with van der Waals surface area (Å²) in [5, 5.41) is 19.7. The largest absolute Gasteiger partial charge is 0.508 e. The van der Waals surface area contributed by atoms with E-state index < -0.39 is 7.80 Å². The number of phenolic OH excluding ortho intramolecular Hbond substituents is 2. The molecule has 2 aromatic carbocycles. The zero-order valence-corrected chi connectivity index (χ0v) is 9.26. The lowest BCUT2D eigenvalue weighted by Gasteiger charge is -1.95. The number of hydrogen-bond acceptors (Lipinski definition) is 3. The fraction of sp³-hybridized carbons (Fsp3) is 0. The highest BCUT2D eigenvalue weighted by atomic mass is 31.1. The first-order valence-corrected chi connectivity index (χ1v) is 5.99. The molecule has 0 bridgehead atoms. The molecule has 3 nitrogen and oxygen atoms in total. The molecule has 0 aliphatic carbocycles. The van der Waals surface area contributed by atoms with Gasteiger partial charge < -0.3 is 10.2 Å². The monoisotopic (exact) mass is 233 g/mol. The number of rotatable bonds is 2. The highest BCUT2D eigenvalue weighted by Crippen LogP contribution is 2.27. The van der Waals surface area contributed by atoms with Crippen LogP contribution in [0.15, 0.2) is 48.5 Å². The zero-order valence-electron chi connectivity index (χ0n) is 8.37. The molecule has 1 atom stereocenters. The van der Waals surface area contributed by atoms with Gasteiger partial charge in [0.1, 0.15) is 5.75 Å². The van der Waals surface area contributed by atoms with Gasteiger partial charge in [-0.1, -0.05) is 22.8 Å². The molecule has 0 saturated heterocycles. The van der Waals surface area contributed by atoms with Crippen LogP contribution in [0.4, 0.5) is 0 Å². The van der Waals surface area contributed by atoms with Crippen molar-refractivity contribution in [2.24, 2.45) is 0 Å². The Hall–Kier alpha value is -1.86. The van der Waals surface area contributed by atoms with Gasteiger partial charge in [0.15, 0.2) is 11.1 Å². The van der Waals surface area contributed by atoms with Gasteiger partial charge >= 0.3 is 7.80 Å². The topological polar surface area (TPSA) is 57.5 Å². The predicted molar refractivity (Wildman–Crippen MR) is 63.1 cm³/mol. The van der Waals surface area contributed by atoms with Gasteiger partial charge in [0.05, 0.1) is 0 Å². The SMILES string of the molecule is O=[P+](c1ccccc1)c1cc(O)ccc1O. The van der Waals surface area contributed by atoms with Crippen LogP contribution in [0.25, 0.3) is 0 Å². The normalized spacial score (nSPS) is 11.1. The van der Waals surface area contributed by atoms with E-state index in [-0.39, 0.29) is 16.8 Å². The quantitative estimate of drug-likeness (QED) is 0.615. The summed E-state index contributed by atoms with van der Waals surface area (Å²) in [6.07, 6.45) is 0. The van der Waals surface area contributed by atoms with E-state index in [0.717, 1.165) is 0 Å². The van der Waals surface area contributed by atoms with Crippen molar-refractivity contribution in [3.8, 4) is 11.5 Å². The third kappa shape index (κ3) is 2.05. The van der Waals surface area contributed by atoms with E-state index >= 15 is 0 Å². The molecule has 2 N–H and O–H groups in total. The summed E-state index contributed by atoms with van der Waals surface area (Å²) in [5.41, 5.74) is 0. The summed E-state index contributed by atoms with van der Waals surface area (Å²) in [6, 6.07) is 12.8. The third-order valence-corrected chi connectivity index (χ3v) is 3.73. The van der Waals surface area contributed by atoms with Gasteiger partial charge in [-0.05, 0) is 24.3 Å². The average Bonchev–Trinajstić information content (AvgIpc) is 2.32. The van der Waals surface area contributed by atoms with Crippen molar-refractivity contribution >= 4 is 18.4 Å². The minimum absolute atomic E-state index is 0.00733. The Morgan fingerprint density at radius 2 is 1.62 bits per heavy atom. The molecule has 16 heavy (non-hydrogen) atoms. The lowest BCUT2D eigenvalue weighted by atomic mass is 10.3. The second-order valence-electron chi connectivity index (χ2n) is 3.30. The van der Waals surface area contributed by atoms with Crippen LogP contribution >= 0.6 is 7.80 Å². The van der Waals surface area contributed by atoms with Crippen molar-refractivity contribution in [2.45, 2.75) is 0 Å². The zero-order chi connectivity index (χ0) is 11.5. The first kappa shape index (κ1) is 10.7. The minimum Gasteiger partial charge on any atom is -0.508 e. The van der Waals surface area contributed by atoms with Gasteiger partial charge in [-0.15, -0.1) is 0 Å². The van der Waals surface area contributed by atoms with E-state index in [4.69, 9.17) is 0 Å². The maximum atomic E-state index is 12.1. The first-order chi connectivity index (χ1) is 7.68. The van der Waals surface area contributed by atoms with Crippen LogP contribution in [0.5, 0.6) is 11.5 Å². The first-order valence-electron chi connectivity index (χ1n) is 4.73. The molecule has 4 heteroatoms. The Morgan fingerprint density at radius 3 is 2.31 bits per heavy atom. The van der Waals surface area contributed by atoms with Crippen molar-refractivity contribution in [3.63, 3.8) is 0 Å². The van der Waals surface area contributed by atoms with Crippen LogP contribution in [-0.4, -0.2) is 10.2 Å². The molecule has 2 rings (SSSR count). The summed E-state index contributed by atoms with van der Waals surface area (Å²) >= 11 is 0. The molecule has 0 fully saturated rings. The van der Waals surface area contributed by atoms with Crippen LogP contribution in [0.2, 0.25) is 0 Å². The molecule has 0 spiro atoms. The van der Waals surface area contributed by atoms with E-state index in [0.29, 0.717) is 5.30 Å². The fourth-order valence-electron chi connectivity index (χ4n) is 1.38. The molecular formula is C12H10O3P+. The lowest BCUT2D eigenvalue weighted by Crippen LogP contribution is -2.06. The van der Waals surface area contributed by atoms with E-state index in [9.17, 15) is 14.8 Å². The van der Waals surface area contributed by atoms with Gasteiger partial charge in [0, 0.05) is 6.07 Å². The van der Waals surface area contributed by atoms with Crippen LogP contribution < -0.4 is 10.6 Å². The molecule has 80 valence electrons. The van der Waals surface area contributed by atoms with Crippen molar-refractivity contribution in [1.82, 2.24) is 0 Å². The summed E-state index contributed by atoms with van der Waals surface area (Å²) in [4.78, 5) is 0. The molecule has 0 radical (unpaired) electrons. The molecule has 0 amide bonds. The molecule has 2 aromatic rings. The van der Waals surface area contributed by atoms with Crippen molar-refractivity contribution < 1.29 is 14.8 Å². The Bertz CT molecular complexity index is 523. The lowest BCUT2D eigenvalue weighted by molar-refractivity contribution is 0.463. The number of benzene rings is 2. The van der Waals surface area contributed by atoms with Gasteiger partial charge in [-0.25, -0.2) is 0 Å². The number of aromatic hydroxyl groups is 2. The molecule has 0 saturated carbocycles. The van der Waals surface area contributed by atoms with Crippen molar-refractivity contribution in [1.29, 1.82) is 0 Å². The highest BCUT2D eigenvalue weighted by Gasteiger charge is 2.27. The smallest absolute Gasteiger partial charge is 0.419 e. The van der Waals surface area contributed by atoms with Gasteiger partial charge in [-0.2, -0.15) is 0 Å². The van der Waals surface area contributed by atoms with Crippen LogP contribution in [0.3, 0.4) is 0 Å². The van der Waals surface area contributed by atoms with Gasteiger partial charge in [0.2, 0.25) is 5.30 Å². The Kier molecular flexibility index (Phi) is 2.88. The minimum atomic E-state index is -1.87. The third-order valence-electron chi connectivity index (χ3n) is 2.17. The highest BCUT2D eigenvalue weighted by molar-refractivity contribution is 7.61. The second kappa shape index (κ2) is 4.33. The standard InChI is InChI=1S/C12H9O3P/c13-9-6-7-11(14)12(8-9)16(15)10-4-2-1-3-5-10/h1-8H,(H-,13,14,15)/p+1. The second-order valence-corrected chi connectivity index (χ2v) is 4.89. The van der Waals surface area contributed by atoms with Crippen LogP contribution in [0, 0.1) is 0 Å². The predicted octanol–water partition coefficient (Wildman–Crippen LogP) is 1.88. The van der Waals surface area contributed by atoms with E-state index in [1.54, 1.807) is 24.3 Å². The summed E-state index contributed by atoms with van der Waals surface area (Å²) < 4.78 is 12.1. The molecule has 0 aromatic heterocycles. The Morgan fingerprint density at radius 1 is 0.938 bits per heavy atom. The molecule has 0 aliphatic heterocycles. The van der Waals surface area contributed by atoms with Crippen LogP contribution in [0.1, 0.15) is 0 Å². The van der Waals surface area contributed by atoms with E-state index in [2.05, 4.69) is 0 Å². The molecule has 1 unspecified atom stereocenters. The maximum absolute atomic E-state index is 12.1. The summed E-state index contributed by atoms with van der Waals surface area (Å²) in [6.45, 7) is 0. The summed E-state index contributed by atoms with van der Waals surface area (Å²) in [5.74, 6) is -0.0742. The number of hydrogen-bond donors (Lipinski definition) is 2. The van der Waals surface area contributed by atoms with E-state index in [1.807, 2.05) is 6.07 Å². The van der Waals surface area contributed by atoms with Crippen molar-refractivity contribution in [3.05, 3.63) is 48.5 Å². The number of phenols is 2. The summed E-state index contributed by atoms with van der Waals surface area (Å²) in [7, 11) is -1.87. The van der Waals surface area contributed by atoms with Crippen LogP contribution in [-0.2, 0) is 4.57 Å². The Labute approximate surface area is 93.8 Å². The molecule has 0 aliphatic rings. The maximum Gasteiger partial charge on any atom is 0.419 e. The average molecular weight is 233 g/mol. The van der Waals surface area contributed by atoms with Gasteiger partial charge in [0.25, 0.3) is 0 Å². The van der Waals surface area contributed by atoms with Gasteiger partial charge in [-0.3, -0.25) is 0 Å². The fourth-order valence-corrected chi connectivity index (χ4v) is 2.63.